The third kappa shape index (κ3) is 29.4. The van der Waals surface area contributed by atoms with Gasteiger partial charge in [-0.05, 0) is 32.1 Å². The molecule has 0 aromatic rings. The van der Waals surface area contributed by atoms with Crippen LogP contribution in [0.5, 0.6) is 0 Å². The Morgan fingerprint density at radius 3 is 1.29 bits per heavy atom. The molecule has 0 amide bonds. The highest BCUT2D eigenvalue weighted by atomic mass is 16.5. The highest BCUT2D eigenvalue weighted by Gasteiger charge is 2.20. The van der Waals surface area contributed by atoms with E-state index in [0.29, 0.717) is 0 Å². The number of carboxylic acid groups (broad SMARTS) is 4. The number of hydrogen-bond acceptors (Lipinski definition) is 9. The molecule has 0 atom stereocenters. The minimum Gasteiger partial charge on any atom is -0.480 e. The topological polar surface area (TPSA) is 185 Å². The molecule has 13 heteroatoms. The molecule has 0 aliphatic carbocycles. The number of nitrogens with zero attached hydrogens (tertiary/aromatic N) is 3. The van der Waals surface area contributed by atoms with Crippen LogP contribution in [0.1, 0.15) is 96.8 Å². The Balaban J connectivity index is 4.30. The first kappa shape index (κ1) is 42.0. The average molecular weight is 644 g/mol. The number of unbranched alkanes of at least 4 members (excludes halogenated alkanes) is 12. The van der Waals surface area contributed by atoms with E-state index in [4.69, 9.17) is 14.9 Å². The van der Waals surface area contributed by atoms with Gasteiger partial charge in [0.2, 0.25) is 0 Å². The molecule has 13 nitrogen and oxygen atoms in total. The monoisotopic (exact) mass is 643 g/mol. The van der Waals surface area contributed by atoms with Crippen molar-refractivity contribution >= 4 is 29.8 Å². The van der Waals surface area contributed by atoms with E-state index in [1.54, 1.807) is 0 Å². The molecule has 0 heterocycles. The standard InChI is InChI=1S/C32H57N3O10/c1-2-3-4-5-6-7-8-9-10-11-12-13-14-15-16-17-22-45-32(44)27-35(26-31(42)43)21-19-33(23-28(36)37)18-20-34(24-29(38)39)25-30(40)41/h9-10H,2-8,11-27H2,1H3,(H,36,37)(H,38,39)(H,40,41)(H,42,43)/b10-9-. The predicted molar refractivity (Wildman–Crippen MR) is 170 cm³/mol. The zero-order valence-electron chi connectivity index (χ0n) is 27.2. The highest BCUT2D eigenvalue weighted by molar-refractivity contribution is 5.74. The summed E-state index contributed by atoms with van der Waals surface area (Å²) in [4.78, 5) is 61.0. The average Bonchev–Trinajstić information content (AvgIpc) is 2.94. The van der Waals surface area contributed by atoms with Crippen molar-refractivity contribution in [2.45, 2.75) is 96.8 Å². The molecule has 0 fully saturated rings. The van der Waals surface area contributed by atoms with Gasteiger partial charge in [0.1, 0.15) is 0 Å². The van der Waals surface area contributed by atoms with E-state index in [1.165, 1.54) is 67.6 Å². The van der Waals surface area contributed by atoms with Crippen LogP contribution >= 0.6 is 0 Å². The fourth-order valence-electron chi connectivity index (χ4n) is 4.79. The Labute approximate surface area is 268 Å². The lowest BCUT2D eigenvalue weighted by atomic mass is 10.1. The fourth-order valence-corrected chi connectivity index (χ4v) is 4.79. The van der Waals surface area contributed by atoms with Crippen LogP contribution in [0.25, 0.3) is 0 Å². The minimum absolute atomic E-state index is 0.0246. The number of carboxylic acids is 4. The summed E-state index contributed by atoms with van der Waals surface area (Å²) >= 11 is 0. The Morgan fingerprint density at radius 2 is 0.844 bits per heavy atom. The first-order chi connectivity index (χ1) is 21.5. The molecule has 0 aliphatic heterocycles. The van der Waals surface area contributed by atoms with E-state index in [1.807, 2.05) is 0 Å². The molecule has 0 bridgehead atoms. The van der Waals surface area contributed by atoms with Crippen molar-refractivity contribution in [1.82, 2.24) is 14.7 Å². The van der Waals surface area contributed by atoms with Gasteiger partial charge in [-0.25, -0.2) is 0 Å². The van der Waals surface area contributed by atoms with Crippen LogP contribution in [0.3, 0.4) is 0 Å². The maximum Gasteiger partial charge on any atom is 0.320 e. The lowest BCUT2D eigenvalue weighted by molar-refractivity contribution is -0.147. The van der Waals surface area contributed by atoms with Crippen LogP contribution < -0.4 is 0 Å². The number of ether oxygens (including phenoxy) is 1. The molecule has 45 heavy (non-hydrogen) atoms. The van der Waals surface area contributed by atoms with Crippen LogP contribution in [0.4, 0.5) is 0 Å². The summed E-state index contributed by atoms with van der Waals surface area (Å²) in [5.74, 6) is -5.32. The Hall–Kier alpha value is -3.03. The summed E-state index contributed by atoms with van der Waals surface area (Å²) in [7, 11) is 0. The van der Waals surface area contributed by atoms with E-state index in [0.717, 1.165) is 37.0 Å². The molecule has 0 saturated heterocycles. The lowest BCUT2D eigenvalue weighted by Gasteiger charge is -2.27. The van der Waals surface area contributed by atoms with Gasteiger partial charge in [-0.2, -0.15) is 0 Å². The van der Waals surface area contributed by atoms with Crippen molar-refractivity contribution in [2.24, 2.45) is 0 Å². The molecule has 0 aromatic heterocycles. The quantitative estimate of drug-likeness (QED) is 0.0472. The molecule has 4 N–H and O–H groups in total. The molecular weight excluding hydrogens is 586 g/mol. The second-order valence-electron chi connectivity index (χ2n) is 11.4. The van der Waals surface area contributed by atoms with Gasteiger partial charge < -0.3 is 25.2 Å². The van der Waals surface area contributed by atoms with E-state index < -0.39 is 56.0 Å². The largest absolute Gasteiger partial charge is 0.480 e. The molecule has 0 aliphatic rings. The molecule has 0 unspecified atom stereocenters. The second kappa shape index (κ2) is 28.4. The van der Waals surface area contributed by atoms with Gasteiger partial charge >= 0.3 is 29.8 Å². The van der Waals surface area contributed by atoms with Gasteiger partial charge in [-0.15, -0.1) is 0 Å². The van der Waals surface area contributed by atoms with E-state index in [2.05, 4.69) is 19.1 Å². The molecule has 0 aromatic carbocycles. The van der Waals surface area contributed by atoms with Crippen molar-refractivity contribution in [3.8, 4) is 0 Å². The van der Waals surface area contributed by atoms with Crippen LogP contribution in [0.2, 0.25) is 0 Å². The van der Waals surface area contributed by atoms with Gasteiger partial charge in [-0.1, -0.05) is 76.9 Å². The fraction of sp³-hybridized carbons (Fsp3) is 0.781. The number of aliphatic carboxylic acids is 4. The van der Waals surface area contributed by atoms with Crippen LogP contribution in [0, 0.1) is 0 Å². The van der Waals surface area contributed by atoms with Crippen molar-refractivity contribution in [2.75, 3.05) is 65.5 Å². The Bertz CT molecular complexity index is 852. The highest BCUT2D eigenvalue weighted by Crippen LogP contribution is 2.10. The van der Waals surface area contributed by atoms with E-state index in [-0.39, 0.29) is 39.3 Å². The summed E-state index contributed by atoms with van der Waals surface area (Å²) in [6.07, 6.45) is 21.0. The third-order valence-corrected chi connectivity index (χ3v) is 7.17. The second-order valence-corrected chi connectivity index (χ2v) is 11.4. The first-order valence-electron chi connectivity index (χ1n) is 16.4. The number of esters is 1. The number of carbonyl (C=O) groups excluding carboxylic acids is 1. The smallest absolute Gasteiger partial charge is 0.320 e. The molecule has 0 spiro atoms. The van der Waals surface area contributed by atoms with E-state index >= 15 is 0 Å². The van der Waals surface area contributed by atoms with Crippen molar-refractivity contribution < 1.29 is 49.1 Å². The first-order valence-corrected chi connectivity index (χ1v) is 16.4. The zero-order valence-corrected chi connectivity index (χ0v) is 27.2. The molecular formula is C32H57N3O10. The number of hydrogen-bond donors (Lipinski definition) is 4. The van der Waals surface area contributed by atoms with Crippen LogP contribution in [-0.4, -0.2) is 130 Å². The summed E-state index contributed by atoms with van der Waals surface area (Å²) in [6.45, 7) is 0.399. The summed E-state index contributed by atoms with van der Waals surface area (Å²) in [5, 5.41) is 36.5. The molecule has 0 radical (unpaired) electrons. The van der Waals surface area contributed by atoms with Crippen molar-refractivity contribution in [1.29, 1.82) is 0 Å². The Kier molecular flexibility index (Phi) is 26.5. The lowest BCUT2D eigenvalue weighted by Crippen LogP contribution is -2.45. The number of rotatable bonds is 32. The van der Waals surface area contributed by atoms with Gasteiger partial charge in [0.15, 0.2) is 0 Å². The maximum atomic E-state index is 12.3. The maximum absolute atomic E-state index is 12.3. The SMILES string of the molecule is CCCCCCCC/C=C\CCCCCCCCOC(=O)CN(CCN(CCN(CC(=O)O)CC(=O)O)CC(=O)O)CC(=O)O. The number of allylic oxidation sites excluding steroid dienone is 2. The predicted octanol–water partition coefficient (Wildman–Crippen LogP) is 3.81. The third-order valence-electron chi connectivity index (χ3n) is 7.17. The normalized spacial score (nSPS) is 11.6. The van der Waals surface area contributed by atoms with Crippen LogP contribution in [-0.2, 0) is 28.7 Å². The van der Waals surface area contributed by atoms with Crippen molar-refractivity contribution in [3.05, 3.63) is 12.2 Å². The summed E-state index contributed by atoms with van der Waals surface area (Å²) in [6, 6.07) is 0. The molecule has 0 saturated carbocycles. The molecule has 0 rings (SSSR count). The van der Waals surface area contributed by atoms with Gasteiger partial charge in [0, 0.05) is 26.2 Å². The summed E-state index contributed by atoms with van der Waals surface area (Å²) in [5.41, 5.74) is 0. The van der Waals surface area contributed by atoms with Crippen LogP contribution in [0.15, 0.2) is 12.2 Å². The Morgan fingerprint density at radius 1 is 0.489 bits per heavy atom. The number of carbonyl (C=O) groups is 5. The summed E-state index contributed by atoms with van der Waals surface area (Å²) < 4.78 is 5.29. The van der Waals surface area contributed by atoms with E-state index in [9.17, 15) is 34.2 Å². The molecule has 260 valence electrons. The van der Waals surface area contributed by atoms with Gasteiger partial charge in [-0.3, -0.25) is 38.7 Å². The zero-order chi connectivity index (χ0) is 33.7. The van der Waals surface area contributed by atoms with Gasteiger partial charge in [0.05, 0.1) is 39.3 Å². The van der Waals surface area contributed by atoms with Gasteiger partial charge in [0.25, 0.3) is 0 Å². The van der Waals surface area contributed by atoms with Crippen molar-refractivity contribution in [3.63, 3.8) is 0 Å². The minimum atomic E-state index is -1.22.